The molecule has 2 aromatic rings. The number of carboxylic acids is 1. The van der Waals surface area contributed by atoms with E-state index in [9.17, 15) is 19.5 Å². The van der Waals surface area contributed by atoms with Gasteiger partial charge in [-0.25, -0.2) is 0 Å². The zero-order valence-corrected chi connectivity index (χ0v) is 16.3. The molecule has 29 heavy (non-hydrogen) atoms. The second kappa shape index (κ2) is 8.31. The molecule has 0 aromatic heterocycles. The highest BCUT2D eigenvalue weighted by atomic mass is 16.4. The van der Waals surface area contributed by atoms with Gasteiger partial charge in [-0.3, -0.25) is 19.3 Å². The van der Waals surface area contributed by atoms with E-state index in [1.54, 1.807) is 24.3 Å². The van der Waals surface area contributed by atoms with Crippen LogP contribution < -0.4 is 4.90 Å². The minimum Gasteiger partial charge on any atom is -0.503 e. The van der Waals surface area contributed by atoms with Crippen LogP contribution in [0.3, 0.4) is 0 Å². The van der Waals surface area contributed by atoms with Crippen molar-refractivity contribution in [1.29, 1.82) is 0 Å². The molecule has 150 valence electrons. The third-order valence-corrected chi connectivity index (χ3v) is 4.79. The fourth-order valence-electron chi connectivity index (χ4n) is 3.54. The van der Waals surface area contributed by atoms with Crippen molar-refractivity contribution in [2.45, 2.75) is 32.7 Å². The maximum absolute atomic E-state index is 12.9. The maximum atomic E-state index is 12.9. The normalized spacial score (nSPS) is 16.6. The Labute approximate surface area is 169 Å². The zero-order valence-electron chi connectivity index (χ0n) is 16.3. The van der Waals surface area contributed by atoms with E-state index in [0.29, 0.717) is 16.8 Å². The number of rotatable bonds is 7. The topological polar surface area (TPSA) is 94.9 Å². The summed E-state index contributed by atoms with van der Waals surface area (Å²) in [5.74, 6) is -2.29. The lowest BCUT2D eigenvalue weighted by Crippen LogP contribution is -2.31. The van der Waals surface area contributed by atoms with E-state index in [1.165, 1.54) is 4.90 Å². The Morgan fingerprint density at radius 3 is 2.21 bits per heavy atom. The second-order valence-electron chi connectivity index (χ2n) is 7.51. The summed E-state index contributed by atoms with van der Waals surface area (Å²) < 4.78 is 0. The molecule has 1 aliphatic heterocycles. The standard InChI is InChI=1S/C23H23NO5/c1-14(2)12-18(25)20-21(16-6-4-3-5-7-16)24(23(29)22(20)28)17-10-8-15(9-11-17)13-19(26)27/h3-11,14,21,28H,12-13H2,1-2H3,(H,26,27). The van der Waals surface area contributed by atoms with Crippen molar-refractivity contribution in [3.05, 3.63) is 77.1 Å². The molecule has 0 saturated carbocycles. The van der Waals surface area contributed by atoms with Crippen LogP contribution in [0, 0.1) is 5.92 Å². The van der Waals surface area contributed by atoms with Crippen LogP contribution >= 0.6 is 0 Å². The number of hydrogen-bond acceptors (Lipinski definition) is 4. The lowest BCUT2D eigenvalue weighted by atomic mass is 9.92. The highest BCUT2D eigenvalue weighted by Gasteiger charge is 2.44. The minimum atomic E-state index is -0.946. The predicted molar refractivity (Wildman–Crippen MR) is 109 cm³/mol. The molecule has 6 nitrogen and oxygen atoms in total. The highest BCUT2D eigenvalue weighted by Crippen LogP contribution is 2.41. The Morgan fingerprint density at radius 2 is 1.66 bits per heavy atom. The van der Waals surface area contributed by atoms with Crippen molar-refractivity contribution in [2.75, 3.05) is 4.90 Å². The average molecular weight is 393 g/mol. The molecule has 2 N–H and O–H groups in total. The minimum absolute atomic E-state index is 0.0821. The Morgan fingerprint density at radius 1 is 1.03 bits per heavy atom. The molecule has 1 atom stereocenters. The van der Waals surface area contributed by atoms with Crippen molar-refractivity contribution in [3.63, 3.8) is 0 Å². The van der Waals surface area contributed by atoms with E-state index >= 15 is 0 Å². The molecule has 6 heteroatoms. The monoisotopic (exact) mass is 393 g/mol. The van der Waals surface area contributed by atoms with Gasteiger partial charge in [-0.2, -0.15) is 0 Å². The van der Waals surface area contributed by atoms with Gasteiger partial charge in [-0.1, -0.05) is 56.3 Å². The Hall–Kier alpha value is -3.41. The van der Waals surface area contributed by atoms with E-state index in [2.05, 4.69) is 0 Å². The number of ketones is 1. The number of anilines is 1. The molecule has 2 aromatic carbocycles. The number of carboxylic acid groups (broad SMARTS) is 1. The molecule has 0 bridgehead atoms. The van der Waals surface area contributed by atoms with Crippen LogP contribution in [0.1, 0.15) is 37.4 Å². The van der Waals surface area contributed by atoms with Crippen LogP contribution in [0.25, 0.3) is 0 Å². The number of amides is 1. The molecule has 1 heterocycles. The van der Waals surface area contributed by atoms with E-state index in [1.807, 2.05) is 44.2 Å². The van der Waals surface area contributed by atoms with Crippen molar-refractivity contribution in [2.24, 2.45) is 5.92 Å². The number of carbonyl (C=O) groups is 3. The number of Topliss-reactive ketones (excluding diaryl/α,β-unsaturated/α-hetero) is 1. The van der Waals surface area contributed by atoms with Gasteiger partial charge in [0.05, 0.1) is 18.0 Å². The van der Waals surface area contributed by atoms with E-state index in [0.717, 1.165) is 0 Å². The number of aliphatic carboxylic acids is 1. The molecule has 0 fully saturated rings. The molecule has 0 saturated heterocycles. The lowest BCUT2D eigenvalue weighted by Gasteiger charge is -2.27. The van der Waals surface area contributed by atoms with Gasteiger partial charge in [0, 0.05) is 12.1 Å². The van der Waals surface area contributed by atoms with Crippen LogP contribution in [-0.4, -0.2) is 27.9 Å². The molecule has 0 aliphatic carbocycles. The van der Waals surface area contributed by atoms with Gasteiger partial charge >= 0.3 is 5.97 Å². The summed E-state index contributed by atoms with van der Waals surface area (Å²) in [5.41, 5.74) is 1.89. The lowest BCUT2D eigenvalue weighted by molar-refractivity contribution is -0.136. The van der Waals surface area contributed by atoms with E-state index < -0.39 is 23.7 Å². The quantitative estimate of drug-likeness (QED) is 0.745. The Balaban J connectivity index is 2.05. The third-order valence-electron chi connectivity index (χ3n) is 4.79. The molecule has 1 amide bonds. The highest BCUT2D eigenvalue weighted by molar-refractivity contribution is 6.16. The fourth-order valence-corrected chi connectivity index (χ4v) is 3.54. The van der Waals surface area contributed by atoms with Crippen molar-refractivity contribution in [1.82, 2.24) is 0 Å². The number of hydrogen-bond donors (Lipinski definition) is 2. The summed E-state index contributed by atoms with van der Waals surface area (Å²) in [5, 5.41) is 19.5. The summed E-state index contributed by atoms with van der Waals surface area (Å²) in [6, 6.07) is 14.9. The van der Waals surface area contributed by atoms with Gasteiger partial charge < -0.3 is 10.2 Å². The Kier molecular flexibility index (Phi) is 5.82. The van der Waals surface area contributed by atoms with E-state index in [-0.39, 0.29) is 30.1 Å². The summed E-state index contributed by atoms with van der Waals surface area (Å²) in [6.45, 7) is 3.81. The molecule has 1 aliphatic rings. The number of aliphatic hydroxyl groups is 1. The van der Waals surface area contributed by atoms with Gasteiger partial charge in [-0.15, -0.1) is 0 Å². The number of nitrogens with zero attached hydrogens (tertiary/aromatic N) is 1. The molecule has 1 unspecified atom stereocenters. The first-order valence-electron chi connectivity index (χ1n) is 9.45. The smallest absolute Gasteiger partial charge is 0.307 e. The third kappa shape index (κ3) is 4.21. The van der Waals surface area contributed by atoms with Gasteiger partial charge in [0.2, 0.25) is 0 Å². The van der Waals surface area contributed by atoms with Gasteiger partial charge in [0.25, 0.3) is 5.91 Å². The van der Waals surface area contributed by atoms with Gasteiger partial charge in [0.15, 0.2) is 11.5 Å². The van der Waals surface area contributed by atoms with Gasteiger partial charge in [0.1, 0.15) is 0 Å². The SMILES string of the molecule is CC(C)CC(=O)C1=C(O)C(=O)N(c2ccc(CC(=O)O)cc2)C1c1ccccc1. The zero-order chi connectivity index (χ0) is 21.1. The van der Waals surface area contributed by atoms with Crippen molar-refractivity contribution in [3.8, 4) is 0 Å². The van der Waals surface area contributed by atoms with E-state index in [4.69, 9.17) is 5.11 Å². The summed E-state index contributed by atoms with van der Waals surface area (Å²) in [6.07, 6.45) is 0.0966. The average Bonchev–Trinajstić information content (AvgIpc) is 2.93. The molecular weight excluding hydrogens is 370 g/mol. The van der Waals surface area contributed by atoms with Crippen molar-refractivity contribution < 1.29 is 24.6 Å². The van der Waals surface area contributed by atoms with Gasteiger partial charge in [-0.05, 0) is 29.2 Å². The Bertz CT molecular complexity index is 961. The first-order chi connectivity index (χ1) is 13.8. The predicted octanol–water partition coefficient (Wildman–Crippen LogP) is 3.83. The fraction of sp³-hybridized carbons (Fsp3) is 0.261. The largest absolute Gasteiger partial charge is 0.503 e. The van der Waals surface area contributed by atoms with Crippen LogP contribution in [-0.2, 0) is 20.8 Å². The maximum Gasteiger partial charge on any atom is 0.307 e. The number of aliphatic hydroxyl groups excluding tert-OH is 1. The first kappa shape index (κ1) is 20.3. The number of carbonyl (C=O) groups excluding carboxylic acids is 2. The molecule has 0 spiro atoms. The number of benzene rings is 2. The van der Waals surface area contributed by atoms with Crippen LogP contribution in [0.5, 0.6) is 0 Å². The van der Waals surface area contributed by atoms with Crippen LogP contribution in [0.15, 0.2) is 65.9 Å². The molecule has 3 rings (SSSR count). The molecular formula is C23H23NO5. The summed E-state index contributed by atoms with van der Waals surface area (Å²) in [7, 11) is 0. The van der Waals surface area contributed by atoms with Crippen LogP contribution in [0.4, 0.5) is 5.69 Å². The molecule has 0 radical (unpaired) electrons. The van der Waals surface area contributed by atoms with Crippen molar-refractivity contribution >= 4 is 23.3 Å². The second-order valence-corrected chi connectivity index (χ2v) is 7.51. The summed E-state index contributed by atoms with van der Waals surface area (Å²) in [4.78, 5) is 38.1. The first-order valence-corrected chi connectivity index (χ1v) is 9.45. The summed E-state index contributed by atoms with van der Waals surface area (Å²) >= 11 is 0. The van der Waals surface area contributed by atoms with Crippen LogP contribution in [0.2, 0.25) is 0 Å².